The van der Waals surface area contributed by atoms with Gasteiger partial charge >= 0.3 is 0 Å². The molecular formula is C18H26FNO. The first-order valence-electron chi connectivity index (χ1n) is 8.27. The van der Waals surface area contributed by atoms with Gasteiger partial charge in [0.2, 0.25) is 0 Å². The van der Waals surface area contributed by atoms with Crippen LogP contribution in [0.3, 0.4) is 0 Å². The zero-order valence-corrected chi connectivity index (χ0v) is 13.1. The molecule has 3 rings (SSSR count). The van der Waals surface area contributed by atoms with Gasteiger partial charge in [-0.2, -0.15) is 0 Å². The summed E-state index contributed by atoms with van der Waals surface area (Å²) in [4.78, 5) is 0. The van der Waals surface area contributed by atoms with Gasteiger partial charge in [0.1, 0.15) is 0 Å². The van der Waals surface area contributed by atoms with Crippen molar-refractivity contribution in [2.24, 2.45) is 17.8 Å². The van der Waals surface area contributed by atoms with Crippen LogP contribution >= 0.6 is 0 Å². The second-order valence-corrected chi connectivity index (χ2v) is 6.72. The van der Waals surface area contributed by atoms with Gasteiger partial charge in [-0.1, -0.05) is 13.0 Å². The Bertz CT molecular complexity index is 480. The Morgan fingerprint density at radius 2 is 2.05 bits per heavy atom. The lowest BCUT2D eigenvalue weighted by Gasteiger charge is -2.26. The summed E-state index contributed by atoms with van der Waals surface area (Å²) in [6.45, 7) is 3.25. The lowest BCUT2D eigenvalue weighted by Crippen LogP contribution is -2.38. The predicted molar refractivity (Wildman–Crippen MR) is 83.1 cm³/mol. The third-order valence-electron chi connectivity index (χ3n) is 5.18. The van der Waals surface area contributed by atoms with Gasteiger partial charge in [-0.05, 0) is 74.1 Å². The normalized spacial score (nSPS) is 28.2. The SMILES string of the molecule is CCCNC(Cc1ccc(OC)c(F)c1)C1CC2CC2C1. The summed E-state index contributed by atoms with van der Waals surface area (Å²) in [6.07, 6.45) is 6.25. The van der Waals surface area contributed by atoms with E-state index in [0.29, 0.717) is 11.8 Å². The quantitative estimate of drug-likeness (QED) is 0.825. The minimum atomic E-state index is -0.251. The maximum atomic E-state index is 13.9. The molecule has 2 aliphatic rings. The molecule has 0 heterocycles. The number of fused-ring (bicyclic) bond motifs is 1. The summed E-state index contributed by atoms with van der Waals surface area (Å²) < 4.78 is 18.9. The molecule has 0 saturated heterocycles. The molecule has 3 heteroatoms. The minimum Gasteiger partial charge on any atom is -0.494 e. The first kappa shape index (κ1) is 14.8. The van der Waals surface area contributed by atoms with Crippen molar-refractivity contribution in [3.05, 3.63) is 29.6 Å². The second-order valence-electron chi connectivity index (χ2n) is 6.72. The Morgan fingerprint density at radius 1 is 1.29 bits per heavy atom. The van der Waals surface area contributed by atoms with E-state index in [0.717, 1.165) is 42.7 Å². The molecule has 21 heavy (non-hydrogen) atoms. The van der Waals surface area contributed by atoms with Gasteiger partial charge in [-0.15, -0.1) is 0 Å². The fourth-order valence-electron chi connectivity index (χ4n) is 3.92. The maximum absolute atomic E-state index is 13.9. The van der Waals surface area contributed by atoms with Crippen LogP contribution < -0.4 is 10.1 Å². The number of benzene rings is 1. The third kappa shape index (κ3) is 3.39. The molecule has 2 fully saturated rings. The van der Waals surface area contributed by atoms with Crippen molar-refractivity contribution < 1.29 is 9.13 Å². The zero-order chi connectivity index (χ0) is 14.8. The van der Waals surface area contributed by atoms with Gasteiger partial charge < -0.3 is 10.1 Å². The number of halogens is 1. The summed E-state index contributed by atoms with van der Waals surface area (Å²) in [6, 6.07) is 5.87. The molecule has 1 aromatic rings. The zero-order valence-electron chi connectivity index (χ0n) is 13.1. The van der Waals surface area contributed by atoms with Crippen LogP contribution in [0.4, 0.5) is 4.39 Å². The Labute approximate surface area is 127 Å². The smallest absolute Gasteiger partial charge is 0.165 e. The summed E-state index contributed by atoms with van der Waals surface area (Å²) in [5.74, 6) is 2.84. The van der Waals surface area contributed by atoms with Gasteiger partial charge in [0.15, 0.2) is 11.6 Å². The van der Waals surface area contributed by atoms with Crippen LogP contribution in [0, 0.1) is 23.6 Å². The topological polar surface area (TPSA) is 21.3 Å². The molecule has 3 atom stereocenters. The Hall–Kier alpha value is -1.09. The monoisotopic (exact) mass is 291 g/mol. The molecule has 1 aromatic carbocycles. The largest absolute Gasteiger partial charge is 0.494 e. The van der Waals surface area contributed by atoms with E-state index in [4.69, 9.17) is 4.74 Å². The lowest BCUT2D eigenvalue weighted by molar-refractivity contribution is 0.331. The van der Waals surface area contributed by atoms with Gasteiger partial charge in [0.05, 0.1) is 7.11 Å². The van der Waals surface area contributed by atoms with Crippen LogP contribution in [0.5, 0.6) is 5.75 Å². The van der Waals surface area contributed by atoms with E-state index in [1.165, 1.54) is 26.4 Å². The van der Waals surface area contributed by atoms with E-state index in [9.17, 15) is 4.39 Å². The summed E-state index contributed by atoms with van der Waals surface area (Å²) >= 11 is 0. The standard InChI is InChI=1S/C18H26FNO/c1-3-6-20-17(15-10-13-9-14(13)11-15)8-12-4-5-18(21-2)16(19)7-12/h4-5,7,13-15,17,20H,3,6,8-11H2,1-2H3. The fourth-order valence-corrected chi connectivity index (χ4v) is 3.92. The summed E-state index contributed by atoms with van der Waals surface area (Å²) in [5, 5.41) is 3.70. The fraction of sp³-hybridized carbons (Fsp3) is 0.667. The van der Waals surface area contributed by atoms with Crippen LogP contribution in [-0.4, -0.2) is 19.7 Å². The highest BCUT2D eigenvalue weighted by Crippen LogP contribution is 2.55. The van der Waals surface area contributed by atoms with E-state index < -0.39 is 0 Å². The molecule has 2 aliphatic carbocycles. The molecule has 0 radical (unpaired) electrons. The van der Waals surface area contributed by atoms with Crippen molar-refractivity contribution >= 4 is 0 Å². The van der Waals surface area contributed by atoms with Crippen LogP contribution in [0.2, 0.25) is 0 Å². The Balaban J connectivity index is 1.66. The first-order chi connectivity index (χ1) is 10.2. The molecule has 3 unspecified atom stereocenters. The van der Waals surface area contributed by atoms with E-state index >= 15 is 0 Å². The molecule has 116 valence electrons. The number of hydrogen-bond acceptors (Lipinski definition) is 2. The molecule has 2 nitrogen and oxygen atoms in total. The molecular weight excluding hydrogens is 265 g/mol. The van der Waals surface area contributed by atoms with Gasteiger partial charge in [0.25, 0.3) is 0 Å². The third-order valence-corrected chi connectivity index (χ3v) is 5.18. The Morgan fingerprint density at radius 3 is 2.67 bits per heavy atom. The molecule has 0 aromatic heterocycles. The number of rotatable bonds is 7. The second kappa shape index (κ2) is 6.35. The number of methoxy groups -OCH3 is 1. The average Bonchev–Trinajstić information content (AvgIpc) is 3.10. The number of hydrogen-bond donors (Lipinski definition) is 1. The van der Waals surface area contributed by atoms with Gasteiger partial charge in [-0.25, -0.2) is 4.39 Å². The number of ether oxygens (including phenoxy) is 1. The van der Waals surface area contributed by atoms with Gasteiger partial charge in [0, 0.05) is 6.04 Å². The van der Waals surface area contributed by atoms with Crippen molar-refractivity contribution in [2.75, 3.05) is 13.7 Å². The highest BCUT2D eigenvalue weighted by atomic mass is 19.1. The van der Waals surface area contributed by atoms with E-state index in [1.54, 1.807) is 12.1 Å². The van der Waals surface area contributed by atoms with Crippen molar-refractivity contribution in [3.8, 4) is 5.75 Å². The van der Waals surface area contributed by atoms with E-state index in [1.807, 2.05) is 6.07 Å². The summed E-state index contributed by atoms with van der Waals surface area (Å²) in [7, 11) is 1.51. The molecule has 0 aliphatic heterocycles. The predicted octanol–water partition coefficient (Wildman–Crippen LogP) is 3.79. The number of nitrogens with one attached hydrogen (secondary N) is 1. The van der Waals surface area contributed by atoms with E-state index in [-0.39, 0.29) is 5.82 Å². The van der Waals surface area contributed by atoms with E-state index in [2.05, 4.69) is 12.2 Å². The highest BCUT2D eigenvalue weighted by molar-refractivity contribution is 5.30. The van der Waals surface area contributed by atoms with Crippen molar-refractivity contribution in [1.29, 1.82) is 0 Å². The van der Waals surface area contributed by atoms with Gasteiger partial charge in [-0.3, -0.25) is 0 Å². The molecule has 0 amide bonds. The first-order valence-corrected chi connectivity index (χ1v) is 8.27. The highest BCUT2D eigenvalue weighted by Gasteiger charge is 2.47. The molecule has 1 N–H and O–H groups in total. The molecule has 2 saturated carbocycles. The Kier molecular flexibility index (Phi) is 4.48. The molecule has 0 bridgehead atoms. The average molecular weight is 291 g/mol. The summed E-state index contributed by atoms with van der Waals surface area (Å²) in [5.41, 5.74) is 1.07. The molecule has 0 spiro atoms. The maximum Gasteiger partial charge on any atom is 0.165 e. The van der Waals surface area contributed by atoms with Crippen molar-refractivity contribution in [3.63, 3.8) is 0 Å². The van der Waals surface area contributed by atoms with Crippen molar-refractivity contribution in [1.82, 2.24) is 5.32 Å². The van der Waals surface area contributed by atoms with Crippen LogP contribution in [0.15, 0.2) is 18.2 Å². The van der Waals surface area contributed by atoms with Crippen LogP contribution in [0.1, 0.15) is 38.2 Å². The minimum absolute atomic E-state index is 0.251. The lowest BCUT2D eigenvalue weighted by atomic mass is 9.89. The van der Waals surface area contributed by atoms with Crippen molar-refractivity contribution in [2.45, 2.75) is 45.1 Å². The van der Waals surface area contributed by atoms with Crippen LogP contribution in [-0.2, 0) is 6.42 Å². The van der Waals surface area contributed by atoms with Crippen LogP contribution in [0.25, 0.3) is 0 Å².